The van der Waals surface area contributed by atoms with Gasteiger partial charge in [0.2, 0.25) is 0 Å². The molecule has 3 heterocycles. The highest BCUT2D eigenvalue weighted by atomic mass is 32.2. The van der Waals surface area contributed by atoms with Crippen molar-refractivity contribution in [1.29, 1.82) is 0 Å². The number of nitrogens with one attached hydrogen (secondary N) is 1. The number of hydrogen-bond donors (Lipinski definition) is 1. The maximum Gasteiger partial charge on any atom is 0.254 e. The van der Waals surface area contributed by atoms with Crippen molar-refractivity contribution < 1.29 is 4.79 Å². The summed E-state index contributed by atoms with van der Waals surface area (Å²) in [5.74, 6) is 0.797. The van der Waals surface area contributed by atoms with Crippen LogP contribution >= 0.6 is 11.8 Å². The van der Waals surface area contributed by atoms with Crippen LogP contribution in [0.15, 0.2) is 41.9 Å². The van der Waals surface area contributed by atoms with Gasteiger partial charge < -0.3 is 10.2 Å². The van der Waals surface area contributed by atoms with Gasteiger partial charge in [-0.3, -0.25) is 9.78 Å². The fourth-order valence-corrected chi connectivity index (χ4v) is 3.29. The number of pyridine rings is 1. The molecule has 120 valence electrons. The van der Waals surface area contributed by atoms with Crippen LogP contribution in [0.5, 0.6) is 0 Å². The van der Waals surface area contributed by atoms with E-state index in [1.54, 1.807) is 30.9 Å². The smallest absolute Gasteiger partial charge is 0.254 e. The maximum atomic E-state index is 12.5. The SMILES string of the molecule is CSc1ncccc1C(=O)N[C@H]1CCCN(c2cnccn2)C1. The quantitative estimate of drug-likeness (QED) is 0.865. The lowest BCUT2D eigenvalue weighted by Crippen LogP contribution is -2.48. The standard InChI is InChI=1S/C16H19N5OS/c1-23-16-13(5-2-6-19-16)15(22)20-12-4-3-9-21(11-12)14-10-17-7-8-18-14/h2,5-8,10,12H,3-4,9,11H2,1H3,(H,20,22)/t12-/m0/s1. The first-order chi connectivity index (χ1) is 11.3. The van der Waals surface area contributed by atoms with Gasteiger partial charge in [0.1, 0.15) is 10.8 Å². The molecule has 0 radical (unpaired) electrons. The van der Waals surface area contributed by atoms with Crippen LogP contribution in [0.1, 0.15) is 23.2 Å². The highest BCUT2D eigenvalue weighted by Gasteiger charge is 2.23. The van der Waals surface area contributed by atoms with Crippen molar-refractivity contribution in [2.24, 2.45) is 0 Å². The van der Waals surface area contributed by atoms with Gasteiger partial charge in [-0.1, -0.05) is 0 Å². The predicted octanol–water partition coefficient (Wildman–Crippen LogP) is 1.99. The molecule has 0 bridgehead atoms. The van der Waals surface area contributed by atoms with Crippen LogP contribution in [0.25, 0.3) is 0 Å². The molecule has 1 atom stereocenters. The molecule has 3 rings (SSSR count). The van der Waals surface area contributed by atoms with Gasteiger partial charge in [0.25, 0.3) is 5.91 Å². The molecule has 0 spiro atoms. The van der Waals surface area contributed by atoms with Crippen LogP contribution in [-0.4, -0.2) is 46.2 Å². The Labute approximate surface area is 139 Å². The van der Waals surface area contributed by atoms with Crippen LogP contribution in [0.2, 0.25) is 0 Å². The second kappa shape index (κ2) is 7.41. The summed E-state index contributed by atoms with van der Waals surface area (Å²) in [6.07, 6.45) is 10.7. The van der Waals surface area contributed by atoms with Crippen LogP contribution in [0.3, 0.4) is 0 Å². The van der Waals surface area contributed by atoms with Crippen molar-refractivity contribution in [2.75, 3.05) is 24.2 Å². The van der Waals surface area contributed by atoms with Gasteiger partial charge in [0.15, 0.2) is 0 Å². The van der Waals surface area contributed by atoms with Crippen LogP contribution in [0, 0.1) is 0 Å². The predicted molar refractivity (Wildman–Crippen MR) is 90.8 cm³/mol. The lowest BCUT2D eigenvalue weighted by Gasteiger charge is -2.33. The van der Waals surface area contributed by atoms with Gasteiger partial charge in [0, 0.05) is 37.7 Å². The number of thioether (sulfide) groups is 1. The number of nitrogens with zero attached hydrogens (tertiary/aromatic N) is 4. The van der Waals surface area contributed by atoms with Crippen molar-refractivity contribution in [3.05, 3.63) is 42.5 Å². The number of piperidine rings is 1. The monoisotopic (exact) mass is 329 g/mol. The molecule has 0 aromatic carbocycles. The molecule has 1 saturated heterocycles. The van der Waals surface area contributed by atoms with E-state index in [0.29, 0.717) is 5.56 Å². The molecule has 0 unspecified atom stereocenters. The Morgan fingerprint density at radius 2 is 2.26 bits per heavy atom. The minimum absolute atomic E-state index is 0.0616. The number of aromatic nitrogens is 3. The summed E-state index contributed by atoms with van der Waals surface area (Å²) >= 11 is 1.48. The Hall–Kier alpha value is -2.15. The fourth-order valence-electron chi connectivity index (χ4n) is 2.75. The van der Waals surface area contributed by atoms with Gasteiger partial charge in [0.05, 0.1) is 11.8 Å². The van der Waals surface area contributed by atoms with E-state index < -0.39 is 0 Å². The summed E-state index contributed by atoms with van der Waals surface area (Å²) in [4.78, 5) is 27.4. The number of carbonyl (C=O) groups excluding carboxylic acids is 1. The maximum absolute atomic E-state index is 12.5. The van der Waals surface area contributed by atoms with Crippen LogP contribution in [0.4, 0.5) is 5.82 Å². The van der Waals surface area contributed by atoms with Crippen molar-refractivity contribution in [3.8, 4) is 0 Å². The Kier molecular flexibility index (Phi) is 5.07. The molecule has 1 amide bonds. The Balaban J connectivity index is 1.67. The third-order valence-electron chi connectivity index (χ3n) is 3.84. The molecule has 23 heavy (non-hydrogen) atoms. The average Bonchev–Trinajstić information content (AvgIpc) is 2.62. The molecule has 7 heteroatoms. The van der Waals surface area contributed by atoms with E-state index in [1.807, 2.05) is 12.3 Å². The number of anilines is 1. The number of amides is 1. The normalized spacial score (nSPS) is 17.8. The molecule has 1 aliphatic rings. The Morgan fingerprint density at radius 1 is 1.35 bits per heavy atom. The van der Waals surface area contributed by atoms with E-state index in [0.717, 1.165) is 36.8 Å². The summed E-state index contributed by atoms with van der Waals surface area (Å²) < 4.78 is 0. The minimum Gasteiger partial charge on any atom is -0.353 e. The molecule has 1 aliphatic heterocycles. The van der Waals surface area contributed by atoms with E-state index in [2.05, 4.69) is 25.2 Å². The Bertz CT molecular complexity index is 667. The molecule has 1 fully saturated rings. The van der Waals surface area contributed by atoms with E-state index in [-0.39, 0.29) is 11.9 Å². The van der Waals surface area contributed by atoms with Crippen LogP contribution < -0.4 is 10.2 Å². The van der Waals surface area contributed by atoms with Gasteiger partial charge in [-0.15, -0.1) is 11.8 Å². The van der Waals surface area contributed by atoms with Crippen molar-refractivity contribution in [3.63, 3.8) is 0 Å². The number of rotatable bonds is 4. The first kappa shape index (κ1) is 15.7. The summed E-state index contributed by atoms with van der Waals surface area (Å²) in [5, 5.41) is 3.88. The van der Waals surface area contributed by atoms with E-state index in [1.165, 1.54) is 11.8 Å². The van der Waals surface area contributed by atoms with E-state index in [4.69, 9.17) is 0 Å². The van der Waals surface area contributed by atoms with Gasteiger partial charge in [-0.05, 0) is 31.2 Å². The molecule has 6 nitrogen and oxygen atoms in total. The third kappa shape index (κ3) is 3.79. The second-order valence-electron chi connectivity index (χ2n) is 5.38. The lowest BCUT2D eigenvalue weighted by molar-refractivity contribution is 0.0929. The zero-order valence-corrected chi connectivity index (χ0v) is 13.8. The number of hydrogen-bond acceptors (Lipinski definition) is 6. The van der Waals surface area contributed by atoms with Crippen LogP contribution in [-0.2, 0) is 0 Å². The van der Waals surface area contributed by atoms with Gasteiger partial charge in [-0.25, -0.2) is 9.97 Å². The van der Waals surface area contributed by atoms with Crippen molar-refractivity contribution >= 4 is 23.5 Å². The van der Waals surface area contributed by atoms with Gasteiger partial charge in [-0.2, -0.15) is 0 Å². The zero-order valence-electron chi connectivity index (χ0n) is 13.0. The highest BCUT2D eigenvalue weighted by Crippen LogP contribution is 2.19. The molecule has 2 aromatic rings. The summed E-state index contributed by atoms with van der Waals surface area (Å²) in [6, 6.07) is 3.71. The second-order valence-corrected chi connectivity index (χ2v) is 6.18. The molecule has 1 N–H and O–H groups in total. The summed E-state index contributed by atoms with van der Waals surface area (Å²) in [5.41, 5.74) is 0.636. The molecule has 0 aliphatic carbocycles. The fraction of sp³-hybridized carbons (Fsp3) is 0.375. The van der Waals surface area contributed by atoms with Gasteiger partial charge >= 0.3 is 0 Å². The topological polar surface area (TPSA) is 71.0 Å². The Morgan fingerprint density at radius 3 is 3.04 bits per heavy atom. The first-order valence-electron chi connectivity index (χ1n) is 7.59. The molecular weight excluding hydrogens is 310 g/mol. The first-order valence-corrected chi connectivity index (χ1v) is 8.81. The summed E-state index contributed by atoms with van der Waals surface area (Å²) in [6.45, 7) is 1.69. The van der Waals surface area contributed by atoms with E-state index >= 15 is 0 Å². The third-order valence-corrected chi connectivity index (χ3v) is 4.55. The molecule has 0 saturated carbocycles. The average molecular weight is 329 g/mol. The highest BCUT2D eigenvalue weighted by molar-refractivity contribution is 7.98. The van der Waals surface area contributed by atoms with Crippen molar-refractivity contribution in [1.82, 2.24) is 20.3 Å². The summed E-state index contributed by atoms with van der Waals surface area (Å²) in [7, 11) is 0. The largest absolute Gasteiger partial charge is 0.353 e. The lowest BCUT2D eigenvalue weighted by atomic mass is 10.1. The van der Waals surface area contributed by atoms with E-state index in [9.17, 15) is 4.79 Å². The minimum atomic E-state index is -0.0616. The molecular formula is C16H19N5OS. The zero-order chi connectivity index (χ0) is 16.1. The van der Waals surface area contributed by atoms with Crippen molar-refractivity contribution in [2.45, 2.75) is 23.9 Å². The number of carbonyl (C=O) groups is 1. The molecule has 2 aromatic heterocycles.